The van der Waals surface area contributed by atoms with E-state index in [1.165, 1.54) is 0 Å². The lowest BCUT2D eigenvalue weighted by Gasteiger charge is -2.09. The first kappa shape index (κ1) is 13.2. The molecule has 20 heavy (non-hydrogen) atoms. The lowest BCUT2D eigenvalue weighted by Crippen LogP contribution is -2.17. The molecular weight excluding hydrogens is 326 g/mol. The second-order valence-corrected chi connectivity index (χ2v) is 5.63. The summed E-state index contributed by atoms with van der Waals surface area (Å²) in [5.41, 5.74) is 0.590. The third-order valence-corrected chi connectivity index (χ3v) is 4.20. The van der Waals surface area contributed by atoms with Gasteiger partial charge in [0.25, 0.3) is 0 Å². The van der Waals surface area contributed by atoms with Crippen molar-refractivity contribution in [3.8, 4) is 11.5 Å². The summed E-state index contributed by atoms with van der Waals surface area (Å²) in [5.74, 6) is -0.663. The number of pyridine rings is 1. The topological polar surface area (TPSA) is 89.1 Å². The maximum atomic E-state index is 11.2. The number of carbonyl (C=O) groups is 1. The van der Waals surface area contributed by atoms with Crippen molar-refractivity contribution in [3.05, 3.63) is 28.7 Å². The van der Waals surface area contributed by atoms with E-state index in [2.05, 4.69) is 31.1 Å². The smallest absolute Gasteiger partial charge is 0.307 e. The Hall–Kier alpha value is -1.76. The second-order valence-electron chi connectivity index (χ2n) is 4.77. The molecule has 0 radical (unpaired) electrons. The number of nitrogens with zero attached hydrogens (tertiary/aromatic N) is 3. The van der Waals surface area contributed by atoms with E-state index in [0.29, 0.717) is 23.8 Å². The molecule has 104 valence electrons. The Bertz CT molecular complexity index is 643. The Morgan fingerprint density at radius 3 is 3.05 bits per heavy atom. The van der Waals surface area contributed by atoms with Crippen molar-refractivity contribution < 1.29 is 14.4 Å². The molecule has 1 saturated carbocycles. The molecule has 0 amide bonds. The highest BCUT2D eigenvalue weighted by Gasteiger charge is 2.37. The molecule has 1 aliphatic rings. The third kappa shape index (κ3) is 2.33. The van der Waals surface area contributed by atoms with Crippen LogP contribution in [-0.4, -0.2) is 26.2 Å². The monoisotopic (exact) mass is 337 g/mol. The van der Waals surface area contributed by atoms with Crippen LogP contribution in [0.5, 0.6) is 0 Å². The average Bonchev–Trinajstić information content (AvgIpc) is 3.07. The molecule has 2 aromatic rings. The number of hydrogen-bond acceptors (Lipinski definition) is 5. The van der Waals surface area contributed by atoms with Gasteiger partial charge in [-0.3, -0.25) is 9.78 Å². The van der Waals surface area contributed by atoms with E-state index in [9.17, 15) is 9.90 Å². The van der Waals surface area contributed by atoms with Crippen LogP contribution in [0, 0.1) is 5.92 Å². The highest BCUT2D eigenvalue weighted by molar-refractivity contribution is 9.10. The van der Waals surface area contributed by atoms with Gasteiger partial charge in [-0.2, -0.15) is 4.98 Å². The minimum Gasteiger partial charge on any atom is -0.481 e. The fourth-order valence-corrected chi connectivity index (χ4v) is 3.02. The molecule has 1 aliphatic carbocycles. The zero-order valence-electron chi connectivity index (χ0n) is 10.5. The quantitative estimate of drug-likeness (QED) is 0.926. The molecule has 2 aromatic heterocycles. The van der Waals surface area contributed by atoms with Crippen LogP contribution in [-0.2, 0) is 4.79 Å². The standard InChI is InChI=1S/C13H12BrN3O3/c14-9-5-2-6-15-10(9)11-16-12(20-17-11)7-3-1-4-8(7)13(18)19/h2,5-8H,1,3-4H2,(H,18,19). The molecule has 0 saturated heterocycles. The van der Waals surface area contributed by atoms with Gasteiger partial charge in [0.1, 0.15) is 5.69 Å². The van der Waals surface area contributed by atoms with Gasteiger partial charge in [0.15, 0.2) is 0 Å². The summed E-state index contributed by atoms with van der Waals surface area (Å²) in [7, 11) is 0. The van der Waals surface area contributed by atoms with E-state index < -0.39 is 11.9 Å². The van der Waals surface area contributed by atoms with Crippen molar-refractivity contribution in [3.63, 3.8) is 0 Å². The fraction of sp³-hybridized carbons (Fsp3) is 0.385. The van der Waals surface area contributed by atoms with Crippen molar-refractivity contribution in [2.75, 3.05) is 0 Å². The molecule has 0 bridgehead atoms. The van der Waals surface area contributed by atoms with Crippen molar-refractivity contribution in [1.82, 2.24) is 15.1 Å². The van der Waals surface area contributed by atoms with Crippen LogP contribution in [0.15, 0.2) is 27.3 Å². The predicted octanol–water partition coefficient (Wildman–Crippen LogP) is 2.86. The molecule has 7 heteroatoms. The molecule has 2 unspecified atom stereocenters. The lowest BCUT2D eigenvalue weighted by molar-refractivity contribution is -0.142. The normalized spacial score (nSPS) is 22.1. The van der Waals surface area contributed by atoms with Crippen LogP contribution in [0.2, 0.25) is 0 Å². The first-order valence-electron chi connectivity index (χ1n) is 6.34. The first-order valence-corrected chi connectivity index (χ1v) is 7.13. The van der Waals surface area contributed by atoms with Crippen molar-refractivity contribution in [1.29, 1.82) is 0 Å². The zero-order valence-corrected chi connectivity index (χ0v) is 12.1. The summed E-state index contributed by atoms with van der Waals surface area (Å²) >= 11 is 3.38. The van der Waals surface area contributed by atoms with Crippen LogP contribution >= 0.6 is 15.9 Å². The SMILES string of the molecule is O=C(O)C1CCCC1c1nc(-c2ncccc2Br)no1. The average molecular weight is 338 g/mol. The highest BCUT2D eigenvalue weighted by Crippen LogP contribution is 2.39. The van der Waals surface area contributed by atoms with Gasteiger partial charge >= 0.3 is 5.97 Å². The molecule has 3 rings (SSSR count). The Labute approximate surface area is 123 Å². The van der Waals surface area contributed by atoms with Crippen molar-refractivity contribution in [2.24, 2.45) is 5.92 Å². The molecule has 0 aliphatic heterocycles. The maximum Gasteiger partial charge on any atom is 0.307 e. The summed E-state index contributed by atoms with van der Waals surface area (Å²) in [6.07, 6.45) is 3.94. The Morgan fingerprint density at radius 1 is 1.45 bits per heavy atom. The van der Waals surface area contributed by atoms with Crippen LogP contribution in [0.4, 0.5) is 0 Å². The van der Waals surface area contributed by atoms with Gasteiger partial charge in [0.2, 0.25) is 11.7 Å². The predicted molar refractivity (Wildman–Crippen MR) is 72.9 cm³/mol. The molecular formula is C13H12BrN3O3. The number of halogens is 1. The number of hydrogen-bond donors (Lipinski definition) is 1. The van der Waals surface area contributed by atoms with E-state index in [-0.39, 0.29) is 5.92 Å². The highest BCUT2D eigenvalue weighted by atomic mass is 79.9. The summed E-state index contributed by atoms with van der Waals surface area (Å²) < 4.78 is 6.02. The molecule has 2 heterocycles. The fourth-order valence-electron chi connectivity index (χ4n) is 2.58. The number of carboxylic acid groups (broad SMARTS) is 1. The first-order chi connectivity index (χ1) is 9.66. The summed E-state index contributed by atoms with van der Waals surface area (Å²) in [6.45, 7) is 0. The van der Waals surface area contributed by atoms with Gasteiger partial charge < -0.3 is 9.63 Å². The molecule has 0 spiro atoms. The van der Waals surface area contributed by atoms with Crippen molar-refractivity contribution in [2.45, 2.75) is 25.2 Å². The van der Waals surface area contributed by atoms with Crippen LogP contribution in [0.25, 0.3) is 11.5 Å². The molecule has 0 aromatic carbocycles. The van der Waals surface area contributed by atoms with Gasteiger partial charge in [0, 0.05) is 10.7 Å². The maximum absolute atomic E-state index is 11.2. The molecule has 2 atom stereocenters. The third-order valence-electron chi connectivity index (χ3n) is 3.56. The summed E-state index contributed by atoms with van der Waals surface area (Å²) in [4.78, 5) is 19.7. The van der Waals surface area contributed by atoms with Gasteiger partial charge in [-0.25, -0.2) is 0 Å². The number of rotatable bonds is 3. The Kier molecular flexibility index (Phi) is 3.52. The minimum atomic E-state index is -0.800. The van der Waals surface area contributed by atoms with Gasteiger partial charge in [-0.1, -0.05) is 11.6 Å². The van der Waals surface area contributed by atoms with E-state index in [1.807, 2.05) is 6.07 Å². The number of aliphatic carboxylic acids is 1. The van der Waals surface area contributed by atoms with E-state index >= 15 is 0 Å². The van der Waals surface area contributed by atoms with Crippen LogP contribution < -0.4 is 0 Å². The minimum absolute atomic E-state index is 0.198. The van der Waals surface area contributed by atoms with E-state index in [1.54, 1.807) is 12.3 Å². The van der Waals surface area contributed by atoms with Gasteiger partial charge in [0.05, 0.1) is 11.8 Å². The lowest BCUT2D eigenvalue weighted by atomic mass is 9.96. The number of carboxylic acids is 1. The molecule has 1 N–H and O–H groups in total. The van der Waals surface area contributed by atoms with Gasteiger partial charge in [-0.15, -0.1) is 0 Å². The Morgan fingerprint density at radius 2 is 2.30 bits per heavy atom. The second kappa shape index (κ2) is 5.32. The zero-order chi connectivity index (χ0) is 14.1. The van der Waals surface area contributed by atoms with E-state index in [4.69, 9.17) is 4.52 Å². The van der Waals surface area contributed by atoms with E-state index in [0.717, 1.165) is 17.3 Å². The molecule has 6 nitrogen and oxygen atoms in total. The Balaban J connectivity index is 1.91. The molecule has 1 fully saturated rings. The van der Waals surface area contributed by atoms with Crippen LogP contribution in [0.1, 0.15) is 31.1 Å². The number of aromatic nitrogens is 3. The summed E-state index contributed by atoms with van der Waals surface area (Å²) in [6, 6.07) is 3.64. The van der Waals surface area contributed by atoms with Crippen molar-refractivity contribution >= 4 is 21.9 Å². The summed E-state index contributed by atoms with van der Waals surface area (Å²) in [5, 5.41) is 13.1. The largest absolute Gasteiger partial charge is 0.481 e. The van der Waals surface area contributed by atoms with Gasteiger partial charge in [-0.05, 0) is 40.9 Å². The van der Waals surface area contributed by atoms with Crippen LogP contribution in [0.3, 0.4) is 0 Å².